The molecule has 1 aromatic rings. The van der Waals surface area contributed by atoms with Crippen LogP contribution in [0.5, 0.6) is 0 Å². The Morgan fingerprint density at radius 2 is 2.50 bits per heavy atom. The minimum Gasteiger partial charge on any atom is -0.395 e. The van der Waals surface area contributed by atoms with Crippen molar-refractivity contribution in [2.24, 2.45) is 0 Å². The first-order valence-corrected chi connectivity index (χ1v) is 6.03. The van der Waals surface area contributed by atoms with Crippen LogP contribution in [0.3, 0.4) is 0 Å². The summed E-state index contributed by atoms with van der Waals surface area (Å²) in [6.07, 6.45) is 2.85. The highest BCUT2D eigenvalue weighted by Gasteiger charge is 2.26. The topological polar surface area (TPSA) is 71.9 Å². The molecule has 0 spiro atoms. The van der Waals surface area contributed by atoms with Gasteiger partial charge in [0.1, 0.15) is 11.1 Å². The number of aromatic nitrogens is 1. The standard InChI is InChI=1S/C11H13N3OS/c1-7-9(3-5-15-7)16-11-10(13)8(6-12)2-4-14-11/h2,4,7,9H,3,5,13H2,1H3. The second-order valence-corrected chi connectivity index (χ2v) is 4.94. The highest BCUT2D eigenvalue weighted by atomic mass is 32.2. The normalized spacial score (nSPS) is 24.2. The van der Waals surface area contributed by atoms with E-state index in [1.54, 1.807) is 24.0 Å². The molecule has 2 unspecified atom stereocenters. The molecule has 4 nitrogen and oxygen atoms in total. The second-order valence-electron chi connectivity index (χ2n) is 3.71. The molecule has 2 heterocycles. The van der Waals surface area contributed by atoms with E-state index in [1.165, 1.54) is 0 Å². The van der Waals surface area contributed by atoms with Crippen molar-refractivity contribution in [1.29, 1.82) is 5.26 Å². The highest BCUT2D eigenvalue weighted by Crippen LogP contribution is 2.34. The van der Waals surface area contributed by atoms with Gasteiger partial charge in [0.15, 0.2) is 0 Å². The number of ether oxygens (including phenoxy) is 1. The number of nitrogens with two attached hydrogens (primary N) is 1. The molecule has 0 bridgehead atoms. The number of nitrogens with zero attached hydrogens (tertiary/aromatic N) is 2. The van der Waals surface area contributed by atoms with E-state index in [2.05, 4.69) is 18.0 Å². The predicted molar refractivity (Wildman–Crippen MR) is 63.0 cm³/mol. The summed E-state index contributed by atoms with van der Waals surface area (Å²) in [6.45, 7) is 2.84. The first-order chi connectivity index (χ1) is 7.72. The number of rotatable bonds is 2. The molecule has 2 rings (SSSR count). The van der Waals surface area contributed by atoms with E-state index in [9.17, 15) is 0 Å². The van der Waals surface area contributed by atoms with Gasteiger partial charge in [0.25, 0.3) is 0 Å². The van der Waals surface area contributed by atoms with Crippen molar-refractivity contribution in [3.63, 3.8) is 0 Å². The molecule has 2 N–H and O–H groups in total. The van der Waals surface area contributed by atoms with Gasteiger partial charge in [-0.15, -0.1) is 0 Å². The van der Waals surface area contributed by atoms with Crippen LogP contribution >= 0.6 is 11.8 Å². The zero-order valence-electron chi connectivity index (χ0n) is 9.01. The molecule has 0 aromatic carbocycles. The number of pyridine rings is 1. The average molecular weight is 235 g/mol. The van der Waals surface area contributed by atoms with Crippen molar-refractivity contribution in [1.82, 2.24) is 4.98 Å². The molecule has 16 heavy (non-hydrogen) atoms. The van der Waals surface area contributed by atoms with Crippen LogP contribution < -0.4 is 5.73 Å². The molecule has 1 aliphatic heterocycles. The van der Waals surface area contributed by atoms with E-state index < -0.39 is 0 Å². The van der Waals surface area contributed by atoms with Gasteiger partial charge in [0.05, 0.1) is 17.4 Å². The maximum Gasteiger partial charge on any atom is 0.121 e. The van der Waals surface area contributed by atoms with E-state index in [1.807, 2.05) is 0 Å². The molecule has 2 atom stereocenters. The van der Waals surface area contributed by atoms with Gasteiger partial charge < -0.3 is 10.5 Å². The van der Waals surface area contributed by atoms with Gasteiger partial charge in [0, 0.05) is 18.1 Å². The third-order valence-corrected chi connectivity index (χ3v) is 4.11. The lowest BCUT2D eigenvalue weighted by molar-refractivity contribution is 0.127. The van der Waals surface area contributed by atoms with E-state index in [0.717, 1.165) is 18.1 Å². The van der Waals surface area contributed by atoms with Gasteiger partial charge in [-0.2, -0.15) is 5.26 Å². The third-order valence-electron chi connectivity index (χ3n) is 2.64. The van der Waals surface area contributed by atoms with Crippen LogP contribution in [0.25, 0.3) is 0 Å². The van der Waals surface area contributed by atoms with Crippen molar-refractivity contribution < 1.29 is 4.74 Å². The molecule has 0 amide bonds. The summed E-state index contributed by atoms with van der Waals surface area (Å²) >= 11 is 1.60. The van der Waals surface area contributed by atoms with Crippen molar-refractivity contribution >= 4 is 17.4 Å². The first-order valence-electron chi connectivity index (χ1n) is 5.15. The van der Waals surface area contributed by atoms with Gasteiger partial charge in [-0.25, -0.2) is 4.98 Å². The lowest BCUT2D eigenvalue weighted by Crippen LogP contribution is -2.14. The number of nitrogen functional groups attached to an aromatic ring is 1. The lowest BCUT2D eigenvalue weighted by Gasteiger charge is -2.14. The van der Waals surface area contributed by atoms with Crippen molar-refractivity contribution in [3.05, 3.63) is 17.8 Å². The lowest BCUT2D eigenvalue weighted by atomic mass is 10.2. The summed E-state index contributed by atoms with van der Waals surface area (Å²) in [6, 6.07) is 3.70. The Labute approximate surface area is 98.8 Å². The number of hydrogen-bond acceptors (Lipinski definition) is 5. The van der Waals surface area contributed by atoms with E-state index >= 15 is 0 Å². The Bertz CT molecular complexity index is 430. The summed E-state index contributed by atoms with van der Waals surface area (Å²) in [4.78, 5) is 4.22. The smallest absolute Gasteiger partial charge is 0.121 e. The van der Waals surface area contributed by atoms with Gasteiger partial charge >= 0.3 is 0 Å². The fourth-order valence-corrected chi connectivity index (χ4v) is 2.79. The van der Waals surface area contributed by atoms with Gasteiger partial charge in [-0.3, -0.25) is 0 Å². The maximum absolute atomic E-state index is 8.86. The predicted octanol–water partition coefficient (Wildman–Crippen LogP) is 1.80. The van der Waals surface area contributed by atoms with Crippen molar-refractivity contribution in [3.8, 4) is 6.07 Å². The van der Waals surface area contributed by atoms with Gasteiger partial charge in [-0.05, 0) is 19.4 Å². The van der Waals surface area contributed by atoms with Crippen LogP contribution in [-0.2, 0) is 4.74 Å². The molecule has 0 aliphatic carbocycles. The molecular formula is C11H13N3OS. The Balaban J connectivity index is 2.19. The van der Waals surface area contributed by atoms with E-state index in [-0.39, 0.29) is 6.10 Å². The minimum absolute atomic E-state index is 0.219. The van der Waals surface area contributed by atoms with Crippen molar-refractivity contribution in [2.45, 2.75) is 29.7 Å². The summed E-state index contributed by atoms with van der Waals surface area (Å²) in [5.74, 6) is 0. The van der Waals surface area contributed by atoms with Crippen LogP contribution in [0.4, 0.5) is 5.69 Å². The summed E-state index contributed by atoms with van der Waals surface area (Å²) in [7, 11) is 0. The molecule has 0 radical (unpaired) electrons. The Morgan fingerprint density at radius 1 is 1.69 bits per heavy atom. The van der Waals surface area contributed by atoms with E-state index in [4.69, 9.17) is 15.7 Å². The molecular weight excluding hydrogens is 222 g/mol. The summed E-state index contributed by atoms with van der Waals surface area (Å²) in [5, 5.41) is 9.98. The maximum atomic E-state index is 8.86. The molecule has 1 aromatic heterocycles. The molecule has 84 valence electrons. The minimum atomic E-state index is 0.219. The monoisotopic (exact) mass is 235 g/mol. The molecule has 1 aliphatic rings. The molecule has 0 saturated carbocycles. The number of nitriles is 1. The van der Waals surface area contributed by atoms with Gasteiger partial charge in [-0.1, -0.05) is 11.8 Å². The van der Waals surface area contributed by atoms with Crippen LogP contribution in [0.2, 0.25) is 0 Å². The highest BCUT2D eigenvalue weighted by molar-refractivity contribution is 8.00. The molecule has 1 saturated heterocycles. The molecule has 1 fully saturated rings. The fourth-order valence-electron chi connectivity index (χ4n) is 1.66. The Morgan fingerprint density at radius 3 is 3.12 bits per heavy atom. The fraction of sp³-hybridized carbons (Fsp3) is 0.455. The van der Waals surface area contributed by atoms with Crippen LogP contribution in [0, 0.1) is 11.3 Å². The van der Waals surface area contributed by atoms with Crippen LogP contribution in [0.1, 0.15) is 18.9 Å². The number of thioether (sulfide) groups is 1. The van der Waals surface area contributed by atoms with Crippen LogP contribution in [-0.4, -0.2) is 22.9 Å². The quantitative estimate of drug-likeness (QED) is 0.846. The zero-order chi connectivity index (χ0) is 11.5. The first kappa shape index (κ1) is 11.2. The Hall–Kier alpha value is -1.25. The van der Waals surface area contributed by atoms with Gasteiger partial charge in [0.2, 0.25) is 0 Å². The Kier molecular flexibility index (Phi) is 3.32. The number of hydrogen-bond donors (Lipinski definition) is 1. The third kappa shape index (κ3) is 2.13. The van der Waals surface area contributed by atoms with E-state index in [0.29, 0.717) is 16.5 Å². The second kappa shape index (κ2) is 4.73. The summed E-state index contributed by atoms with van der Waals surface area (Å²) in [5.41, 5.74) is 6.84. The number of anilines is 1. The van der Waals surface area contributed by atoms with Crippen molar-refractivity contribution in [2.75, 3.05) is 12.3 Å². The zero-order valence-corrected chi connectivity index (χ0v) is 9.83. The largest absolute Gasteiger partial charge is 0.395 e. The molecule has 5 heteroatoms. The van der Waals surface area contributed by atoms with Crippen LogP contribution in [0.15, 0.2) is 17.3 Å². The SMILES string of the molecule is CC1OCCC1Sc1nccc(C#N)c1N. The average Bonchev–Trinajstić information content (AvgIpc) is 2.68. The summed E-state index contributed by atoms with van der Waals surface area (Å²) < 4.78 is 5.48.